The van der Waals surface area contributed by atoms with Gasteiger partial charge in [-0.25, -0.2) is 4.79 Å². The second-order valence-electron chi connectivity index (χ2n) is 8.39. The van der Waals surface area contributed by atoms with Crippen molar-refractivity contribution in [2.75, 3.05) is 0 Å². The fraction of sp³-hybridized carbons (Fsp3) is 0.500. The second-order valence-corrected chi connectivity index (χ2v) is 8.39. The molecule has 2 aromatic rings. The van der Waals surface area contributed by atoms with Crippen LogP contribution in [0.2, 0.25) is 0 Å². The normalized spacial score (nSPS) is 27.8. The summed E-state index contributed by atoms with van der Waals surface area (Å²) in [4.78, 5) is 29.6. The Kier molecular flexibility index (Phi) is 4.22. The highest BCUT2D eigenvalue weighted by Gasteiger charge is 2.56. The third-order valence-corrected chi connectivity index (χ3v) is 6.75. The average Bonchev–Trinajstić information content (AvgIpc) is 3.38. The Morgan fingerprint density at radius 1 is 1.14 bits per heavy atom. The fourth-order valence-electron chi connectivity index (χ4n) is 5.29. The summed E-state index contributed by atoms with van der Waals surface area (Å²) in [6.45, 7) is 2.61. The molecule has 146 valence electrons. The molecule has 6 nitrogen and oxygen atoms in total. The number of hydrogen-bond acceptors (Lipinski definition) is 3. The highest BCUT2D eigenvalue weighted by atomic mass is 16.2. The van der Waals surface area contributed by atoms with Crippen molar-refractivity contribution in [2.24, 2.45) is 5.92 Å². The lowest BCUT2D eigenvalue weighted by Crippen LogP contribution is -2.41. The number of nitrogens with zero attached hydrogens (tertiary/aromatic N) is 4. The summed E-state index contributed by atoms with van der Waals surface area (Å²) in [6.07, 6.45) is 9.15. The molecule has 0 radical (unpaired) electrons. The molecule has 28 heavy (non-hydrogen) atoms. The lowest BCUT2D eigenvalue weighted by atomic mass is 9.84. The number of imide groups is 1. The van der Waals surface area contributed by atoms with Gasteiger partial charge >= 0.3 is 6.03 Å². The van der Waals surface area contributed by atoms with Crippen molar-refractivity contribution >= 4 is 11.9 Å². The van der Waals surface area contributed by atoms with Gasteiger partial charge in [0.05, 0.1) is 18.8 Å². The number of carbonyl (C=O) groups is 2. The molecule has 3 fully saturated rings. The molecule has 6 heteroatoms. The molecule has 3 aliphatic rings. The van der Waals surface area contributed by atoms with Crippen LogP contribution >= 0.6 is 0 Å². The summed E-state index contributed by atoms with van der Waals surface area (Å²) in [5, 5.41) is 4.45. The second kappa shape index (κ2) is 6.76. The minimum atomic E-state index is -0.294. The molecule has 4 atom stereocenters. The monoisotopic (exact) mass is 378 g/mol. The molecule has 1 aliphatic carbocycles. The molecule has 1 aromatic carbocycles. The molecule has 1 saturated carbocycles. The summed E-state index contributed by atoms with van der Waals surface area (Å²) < 4.78 is 1.87. The maximum absolute atomic E-state index is 13.2. The van der Waals surface area contributed by atoms with Crippen molar-refractivity contribution in [1.82, 2.24) is 19.6 Å². The van der Waals surface area contributed by atoms with Gasteiger partial charge in [0.25, 0.3) is 5.91 Å². The van der Waals surface area contributed by atoms with E-state index < -0.39 is 0 Å². The van der Waals surface area contributed by atoms with Gasteiger partial charge in [-0.15, -0.1) is 0 Å². The summed E-state index contributed by atoms with van der Waals surface area (Å²) in [5.74, 6) is 0.487. The summed E-state index contributed by atoms with van der Waals surface area (Å²) in [6, 6.07) is 9.75. The van der Waals surface area contributed by atoms with Crippen LogP contribution in [0.25, 0.3) is 0 Å². The van der Waals surface area contributed by atoms with Crippen LogP contribution in [0, 0.1) is 5.92 Å². The number of fused-ring (bicyclic) bond motifs is 3. The standard InChI is InChI=1S/C22H26N4O2/c1-15(18-12-23-24(14-18)13-16-7-3-2-4-8-16)25-21(27)20-11-17-9-5-6-10-19(17)26(20)22(25)28/h2-4,7-8,12,14-15,17,19-20H,5-6,9-11,13H2,1H3/t15-,17-,19+,20+/m1/s1. The lowest BCUT2D eigenvalue weighted by molar-refractivity contribution is -0.129. The van der Waals surface area contributed by atoms with Crippen molar-refractivity contribution in [3.8, 4) is 0 Å². The average molecular weight is 378 g/mol. The van der Waals surface area contributed by atoms with Crippen LogP contribution < -0.4 is 0 Å². The van der Waals surface area contributed by atoms with Gasteiger partial charge in [0, 0.05) is 17.8 Å². The number of urea groups is 1. The number of amides is 3. The van der Waals surface area contributed by atoms with Crippen LogP contribution in [0.4, 0.5) is 4.79 Å². The Morgan fingerprint density at radius 2 is 1.93 bits per heavy atom. The van der Waals surface area contributed by atoms with Crippen molar-refractivity contribution in [2.45, 2.75) is 63.7 Å². The Balaban J connectivity index is 1.34. The van der Waals surface area contributed by atoms with Crippen molar-refractivity contribution in [3.05, 3.63) is 53.9 Å². The zero-order chi connectivity index (χ0) is 19.3. The van der Waals surface area contributed by atoms with E-state index in [9.17, 15) is 9.59 Å². The van der Waals surface area contributed by atoms with Crippen LogP contribution in [0.1, 0.15) is 56.2 Å². The lowest BCUT2D eigenvalue weighted by Gasteiger charge is -2.31. The molecular formula is C22H26N4O2. The number of carbonyl (C=O) groups excluding carboxylic acids is 2. The quantitative estimate of drug-likeness (QED) is 0.764. The van der Waals surface area contributed by atoms with Crippen LogP contribution in [0.15, 0.2) is 42.7 Å². The van der Waals surface area contributed by atoms with Crippen LogP contribution in [0.3, 0.4) is 0 Å². The van der Waals surface area contributed by atoms with E-state index in [-0.39, 0.29) is 30.1 Å². The minimum Gasteiger partial charge on any atom is -0.309 e. The molecule has 0 spiro atoms. The third kappa shape index (κ3) is 2.74. The van der Waals surface area contributed by atoms with E-state index >= 15 is 0 Å². The molecule has 3 heterocycles. The molecule has 0 unspecified atom stereocenters. The zero-order valence-corrected chi connectivity index (χ0v) is 16.2. The molecule has 1 aromatic heterocycles. The number of benzene rings is 1. The Labute approximate surface area is 165 Å². The summed E-state index contributed by atoms with van der Waals surface area (Å²) >= 11 is 0. The molecule has 0 bridgehead atoms. The van der Waals surface area contributed by atoms with Crippen LogP contribution in [-0.4, -0.2) is 43.6 Å². The van der Waals surface area contributed by atoms with Crippen molar-refractivity contribution < 1.29 is 9.59 Å². The van der Waals surface area contributed by atoms with Crippen LogP contribution in [-0.2, 0) is 11.3 Å². The predicted molar refractivity (Wildman–Crippen MR) is 104 cm³/mol. The molecule has 3 amide bonds. The zero-order valence-electron chi connectivity index (χ0n) is 16.2. The first-order valence-electron chi connectivity index (χ1n) is 10.3. The van der Waals surface area contributed by atoms with Gasteiger partial charge in [0.2, 0.25) is 0 Å². The van der Waals surface area contributed by atoms with Crippen molar-refractivity contribution in [1.29, 1.82) is 0 Å². The van der Waals surface area contributed by atoms with Gasteiger partial charge in [0.15, 0.2) is 0 Å². The predicted octanol–water partition coefficient (Wildman–Crippen LogP) is 3.59. The maximum atomic E-state index is 13.2. The summed E-state index contributed by atoms with van der Waals surface area (Å²) in [7, 11) is 0. The van der Waals surface area contributed by atoms with E-state index in [1.807, 2.05) is 40.9 Å². The van der Waals surface area contributed by atoms with Crippen molar-refractivity contribution in [3.63, 3.8) is 0 Å². The minimum absolute atomic E-state index is 0.0253. The Bertz CT molecular complexity index is 893. The Hall–Kier alpha value is -2.63. The maximum Gasteiger partial charge on any atom is 0.328 e. The molecule has 2 aliphatic heterocycles. The van der Waals surface area contributed by atoms with E-state index in [1.54, 1.807) is 6.20 Å². The molecular weight excluding hydrogens is 352 g/mol. The first-order valence-corrected chi connectivity index (χ1v) is 10.3. The Morgan fingerprint density at radius 3 is 2.75 bits per heavy atom. The van der Waals surface area contributed by atoms with Gasteiger partial charge in [-0.3, -0.25) is 14.4 Å². The number of aromatic nitrogens is 2. The fourth-order valence-corrected chi connectivity index (χ4v) is 5.29. The van der Waals surface area contributed by atoms with Gasteiger partial charge in [0.1, 0.15) is 6.04 Å². The third-order valence-electron chi connectivity index (χ3n) is 6.75. The van der Waals surface area contributed by atoms with E-state index in [0.717, 1.165) is 31.2 Å². The van der Waals surface area contributed by atoms with E-state index in [1.165, 1.54) is 16.9 Å². The van der Waals surface area contributed by atoms with Gasteiger partial charge in [-0.1, -0.05) is 43.2 Å². The first kappa shape index (κ1) is 17.5. The smallest absolute Gasteiger partial charge is 0.309 e. The highest BCUT2D eigenvalue weighted by molar-refractivity contribution is 6.05. The number of rotatable bonds is 4. The van der Waals surface area contributed by atoms with E-state index in [0.29, 0.717) is 12.5 Å². The van der Waals surface area contributed by atoms with Gasteiger partial charge < -0.3 is 4.90 Å². The molecule has 5 rings (SSSR count). The highest BCUT2D eigenvalue weighted by Crippen LogP contribution is 2.45. The van der Waals surface area contributed by atoms with Gasteiger partial charge in [-0.2, -0.15) is 5.10 Å². The largest absolute Gasteiger partial charge is 0.328 e. The van der Waals surface area contributed by atoms with E-state index in [2.05, 4.69) is 17.2 Å². The molecule has 2 saturated heterocycles. The summed E-state index contributed by atoms with van der Waals surface area (Å²) in [5.41, 5.74) is 2.07. The first-order chi connectivity index (χ1) is 13.6. The van der Waals surface area contributed by atoms with Gasteiger partial charge in [-0.05, 0) is 37.7 Å². The molecule has 0 N–H and O–H groups in total. The van der Waals surface area contributed by atoms with E-state index in [4.69, 9.17) is 0 Å². The topological polar surface area (TPSA) is 58.4 Å². The number of hydrogen-bond donors (Lipinski definition) is 0. The SMILES string of the molecule is C[C@H](c1cnn(Cc2ccccc2)c1)N1C(=O)[C@@H]2C[C@H]3CCCC[C@@H]3N2C1=O. The van der Waals surface area contributed by atoms with Crippen LogP contribution in [0.5, 0.6) is 0 Å².